The molecule has 0 radical (unpaired) electrons. The summed E-state index contributed by atoms with van der Waals surface area (Å²) in [4.78, 5) is 29.0. The molecule has 1 saturated heterocycles. The number of nitrogens with zero attached hydrogens (tertiary/aromatic N) is 4. The third-order valence-corrected chi connectivity index (χ3v) is 14.6. The van der Waals surface area contributed by atoms with E-state index in [-0.39, 0.29) is 40.6 Å². The Labute approximate surface area is 405 Å². The number of aliphatic hydroxyl groups excluding tert-OH is 2. The van der Waals surface area contributed by atoms with Crippen molar-refractivity contribution >= 4 is 64.7 Å². The van der Waals surface area contributed by atoms with Gasteiger partial charge in [0.05, 0.1) is 13.7 Å². The first-order valence-corrected chi connectivity index (χ1v) is 24.3. The molecule has 1 fully saturated rings. The van der Waals surface area contributed by atoms with Crippen LogP contribution < -0.4 is 36.2 Å². The fourth-order valence-corrected chi connectivity index (χ4v) is 10.4. The number of rotatable bonds is 21. The Morgan fingerprint density at radius 3 is 2.15 bits per heavy atom. The van der Waals surface area contributed by atoms with Gasteiger partial charge in [-0.3, -0.25) is 4.79 Å². The molecule has 0 spiro atoms. The number of hydrogen-bond donors (Lipinski definition) is 2. The molecule has 10 heteroatoms. The van der Waals surface area contributed by atoms with Crippen LogP contribution in [0.2, 0.25) is 0 Å². The quantitative estimate of drug-likeness (QED) is 0.0472. The zero-order valence-electron chi connectivity index (χ0n) is 41.5. The van der Waals surface area contributed by atoms with Gasteiger partial charge in [0.1, 0.15) is 11.7 Å². The zero-order valence-corrected chi connectivity index (χ0v) is 42.9. The van der Waals surface area contributed by atoms with E-state index in [0.717, 1.165) is 92.6 Å². The second-order valence-electron chi connectivity index (χ2n) is 19.8. The summed E-state index contributed by atoms with van der Waals surface area (Å²) < 4.78 is 11.3. The van der Waals surface area contributed by atoms with Gasteiger partial charge in [-0.1, -0.05) is 163 Å². The number of carbonyl (C=O) groups is 1. The number of allylic oxidation sites excluding steroid dienone is 2. The van der Waals surface area contributed by atoms with Crippen molar-refractivity contribution in [1.29, 1.82) is 0 Å². The summed E-state index contributed by atoms with van der Waals surface area (Å²) in [6, 6.07) is -0.532. The van der Waals surface area contributed by atoms with E-state index in [2.05, 4.69) is 75.0 Å². The second kappa shape index (κ2) is 23.3. The molecule has 8 bridgehead atoms. The number of methoxy groups -OCH3 is 1. The van der Waals surface area contributed by atoms with Crippen LogP contribution in [0.15, 0.2) is 23.9 Å². The molecule has 2 aliphatic heterocycles. The number of aliphatic hydroxyl groups is 2. The molecule has 0 saturated carbocycles. The van der Waals surface area contributed by atoms with Gasteiger partial charge in [-0.05, 0) is 95.0 Å². The van der Waals surface area contributed by atoms with E-state index in [1.807, 2.05) is 31.2 Å². The van der Waals surface area contributed by atoms with Crippen molar-refractivity contribution in [3.63, 3.8) is 0 Å². The van der Waals surface area contributed by atoms with Crippen LogP contribution >= 0.6 is 0 Å². The van der Waals surface area contributed by atoms with Gasteiger partial charge in [0, 0.05) is 5.22 Å². The number of hydrogen-bond acceptors (Lipinski definition) is 5. The van der Waals surface area contributed by atoms with Crippen LogP contribution in [0.3, 0.4) is 0 Å². The maximum atomic E-state index is 13.6. The van der Waals surface area contributed by atoms with Gasteiger partial charge in [0.15, 0.2) is 6.29 Å². The summed E-state index contributed by atoms with van der Waals surface area (Å²) >= 11 is 0. The minimum absolute atomic E-state index is 0. The van der Waals surface area contributed by atoms with Crippen LogP contribution in [0, 0.1) is 56.3 Å². The molecule has 65 heavy (non-hydrogen) atoms. The fourth-order valence-electron chi connectivity index (χ4n) is 10.4. The van der Waals surface area contributed by atoms with Gasteiger partial charge in [-0.25, -0.2) is 0 Å². The van der Waals surface area contributed by atoms with E-state index < -0.39 is 24.2 Å². The largest absolute Gasteiger partial charge is 2.00 e. The first kappa shape index (κ1) is 52.3. The van der Waals surface area contributed by atoms with Crippen LogP contribution in [0.4, 0.5) is 0 Å². The molecule has 7 atom stereocenters. The number of fused-ring (bicyclic) bond motifs is 8. The Balaban J connectivity index is 0.00000793. The van der Waals surface area contributed by atoms with E-state index in [9.17, 15) is 15.0 Å². The summed E-state index contributed by atoms with van der Waals surface area (Å²) in [6.07, 6.45) is 22.2. The molecule has 6 rings (SSSR count). The van der Waals surface area contributed by atoms with Gasteiger partial charge >= 0.3 is 29.0 Å². The summed E-state index contributed by atoms with van der Waals surface area (Å²) in [5, 5.41) is 31.3. The molecular formula is C55H76MgN4O5-2. The Morgan fingerprint density at radius 2 is 1.51 bits per heavy atom. The number of carbonyl (C=O) groups excluding carboxylic acids is 1. The summed E-state index contributed by atoms with van der Waals surface area (Å²) in [5.41, 5.74) is 9.93. The normalized spacial score (nSPS) is 22.3. The first-order chi connectivity index (χ1) is 30.6. The molecule has 3 aliphatic rings. The van der Waals surface area contributed by atoms with E-state index in [1.54, 1.807) is 0 Å². The monoisotopic (exact) mass is 897 g/mol. The van der Waals surface area contributed by atoms with Crippen LogP contribution in [-0.4, -0.2) is 65.3 Å². The third kappa shape index (κ3) is 11.9. The number of esters is 1. The third-order valence-electron chi connectivity index (χ3n) is 14.6. The molecule has 2 unspecified atom stereocenters. The van der Waals surface area contributed by atoms with Gasteiger partial charge < -0.3 is 40.0 Å². The first-order valence-electron chi connectivity index (χ1n) is 24.3. The SMILES string of the molecule is C=Cc1c2[n-]c(c1C)/C=C1\[N-]C(C3=c4[n-]c(c(C)c4=C(O)[C@@H]3C(=O)OC)/C=c3\[n-]/c(c(C)c3CC)=C\2)[C@@H](CCC(O)OC/C=C(\C)CCC[C@H](C)CCC[C@H](C)CCCC(C)C)[C@@H]1C.[Mg+2]. The van der Waals surface area contributed by atoms with E-state index in [0.29, 0.717) is 41.3 Å². The molecular weight excluding hydrogens is 821 g/mol. The smallest absolute Gasteiger partial charge is 0.681 e. The molecule has 0 amide bonds. The molecule has 9 nitrogen and oxygen atoms in total. The van der Waals surface area contributed by atoms with Crippen molar-refractivity contribution in [2.45, 2.75) is 159 Å². The van der Waals surface area contributed by atoms with E-state index >= 15 is 0 Å². The molecule has 3 aromatic heterocycles. The van der Waals surface area contributed by atoms with Crippen LogP contribution in [0.5, 0.6) is 0 Å². The topological polar surface area (TPSA) is 132 Å². The number of aromatic nitrogens is 3. The fraction of sp³-hybridized carbons (Fsp3) is 0.582. The predicted octanol–water partition coefficient (Wildman–Crippen LogP) is 8.45. The summed E-state index contributed by atoms with van der Waals surface area (Å²) in [6.45, 7) is 26.4. The Hall–Kier alpha value is -3.70. The van der Waals surface area contributed by atoms with Crippen LogP contribution in [0.1, 0.15) is 164 Å². The maximum absolute atomic E-state index is 13.6. The Kier molecular flexibility index (Phi) is 18.8. The maximum Gasteiger partial charge on any atom is 2.00 e. The molecule has 3 aromatic rings. The molecule has 0 aromatic carbocycles. The van der Waals surface area contributed by atoms with Crippen molar-refractivity contribution in [3.05, 3.63) is 95.4 Å². The van der Waals surface area contributed by atoms with Crippen LogP contribution in [-0.2, 0) is 20.7 Å². The van der Waals surface area contributed by atoms with E-state index in [1.165, 1.54) is 57.6 Å². The summed E-state index contributed by atoms with van der Waals surface area (Å²) in [5.74, 6) is 0.459. The van der Waals surface area contributed by atoms with Gasteiger partial charge in [-0.15, -0.1) is 33.1 Å². The van der Waals surface area contributed by atoms with E-state index in [4.69, 9.17) is 29.7 Å². The van der Waals surface area contributed by atoms with Gasteiger partial charge in [-0.2, -0.15) is 5.70 Å². The van der Waals surface area contributed by atoms with Crippen molar-refractivity contribution in [2.24, 2.45) is 35.5 Å². The molecule has 350 valence electrons. The number of ether oxygens (including phenoxy) is 2. The average Bonchev–Trinajstić information content (AvgIpc) is 3.99. The van der Waals surface area contributed by atoms with Gasteiger partial charge in [0.2, 0.25) is 0 Å². The molecule has 5 heterocycles. The Bertz CT molecular complexity index is 2460. The van der Waals surface area contributed by atoms with Crippen molar-refractivity contribution < 1.29 is 24.5 Å². The van der Waals surface area contributed by atoms with Crippen molar-refractivity contribution in [1.82, 2.24) is 15.0 Å². The summed E-state index contributed by atoms with van der Waals surface area (Å²) in [7, 11) is 1.34. The van der Waals surface area contributed by atoms with Crippen molar-refractivity contribution in [2.75, 3.05) is 13.7 Å². The minimum atomic E-state index is -1.05. The average molecular weight is 898 g/mol. The van der Waals surface area contributed by atoms with Crippen molar-refractivity contribution in [3.8, 4) is 0 Å². The van der Waals surface area contributed by atoms with Crippen LogP contribution in [0.25, 0.3) is 41.0 Å². The molecule has 2 N–H and O–H groups in total. The van der Waals surface area contributed by atoms with Gasteiger partial charge in [0.25, 0.3) is 0 Å². The standard InChI is InChI=1S/C55H76N4O5.Mg/c1-13-39-35(8)42-28-44-37(10)41(24-25-48(60)64-27-26-34(7)23-17-22-33(6)21-16-20-32(5)19-15-18-31(3)4)52(58-44)50-51(55(62)63-12)54(61)49-38(11)45(59-53(49)50)30-47-40(14-2)36(9)43(57-47)29-46(39)56-42;/h13,26,28-33,37,41,48,51-52,60-61H,1,14-25,27H2,2-12H3;/q-4;+2/b34-26+,43-29-,44-28-,47-30-;/t32-,33-,37+,41+,48?,51-,52?;/m1./s1. The second-order valence-corrected chi connectivity index (χ2v) is 19.8. The Morgan fingerprint density at radius 1 is 0.862 bits per heavy atom. The minimum Gasteiger partial charge on any atom is -0.681 e. The zero-order chi connectivity index (χ0) is 46.4. The molecule has 1 aliphatic carbocycles. The predicted molar refractivity (Wildman–Crippen MR) is 267 cm³/mol.